The second-order valence-corrected chi connectivity index (χ2v) is 17.9. The van der Waals surface area contributed by atoms with E-state index in [4.69, 9.17) is 0 Å². The average Bonchev–Trinajstić information content (AvgIpc) is 3.24. The molecule has 0 saturated carbocycles. The molecule has 0 bridgehead atoms. The predicted octanol–water partition coefficient (Wildman–Crippen LogP) is 6.98. The van der Waals surface area contributed by atoms with E-state index in [1.807, 2.05) is 24.3 Å². The van der Waals surface area contributed by atoms with Gasteiger partial charge in [-0.25, -0.2) is 0 Å². The monoisotopic (exact) mass is 781 g/mol. The molecule has 4 saturated heterocycles. The Morgan fingerprint density at radius 3 is 1.62 bits per heavy atom. The van der Waals surface area contributed by atoms with Crippen LogP contribution in [0.1, 0.15) is 99.3 Å². The smallest absolute Gasteiger partial charge is 0.222 e. The number of piperidine rings is 4. The van der Waals surface area contributed by atoms with E-state index in [9.17, 15) is 20.1 Å². The van der Waals surface area contributed by atoms with Crippen LogP contribution >= 0.6 is 0 Å². The molecular weight excluding hydrogens is 723 g/mol. The fourth-order valence-electron chi connectivity index (χ4n) is 9.98. The number of nitriles is 2. The number of carbonyl (C=O) groups excluding carboxylic acids is 2. The maximum absolute atomic E-state index is 13.1. The van der Waals surface area contributed by atoms with Crippen LogP contribution in [0.3, 0.4) is 0 Å². The Labute approximate surface area is 344 Å². The van der Waals surface area contributed by atoms with Crippen LogP contribution in [0.2, 0.25) is 0 Å². The van der Waals surface area contributed by atoms with Gasteiger partial charge in [0.1, 0.15) is 17.7 Å². The summed E-state index contributed by atoms with van der Waals surface area (Å²) in [5.74, 6) is 3.07. The van der Waals surface area contributed by atoms with Gasteiger partial charge in [0.25, 0.3) is 0 Å². The van der Waals surface area contributed by atoms with Crippen molar-refractivity contribution < 1.29 is 9.59 Å². The molecule has 4 aliphatic rings. The average molecular weight is 782 g/mol. The molecule has 2 aromatic carbocycles. The van der Waals surface area contributed by atoms with Crippen molar-refractivity contribution in [2.24, 2.45) is 23.7 Å². The normalized spacial score (nSPS) is 23.8. The summed E-state index contributed by atoms with van der Waals surface area (Å²) in [5, 5.41) is 19.9. The molecule has 4 fully saturated rings. The van der Waals surface area contributed by atoms with Crippen LogP contribution in [0.5, 0.6) is 0 Å². The van der Waals surface area contributed by atoms with E-state index < -0.39 is 0 Å². The maximum Gasteiger partial charge on any atom is 0.222 e. The van der Waals surface area contributed by atoms with Gasteiger partial charge in [0.2, 0.25) is 11.8 Å². The van der Waals surface area contributed by atoms with Crippen LogP contribution in [0, 0.1) is 46.3 Å². The van der Waals surface area contributed by atoms with Crippen molar-refractivity contribution in [3.63, 3.8) is 0 Å². The summed E-state index contributed by atoms with van der Waals surface area (Å²) in [5.41, 5.74) is 5.73. The summed E-state index contributed by atoms with van der Waals surface area (Å²) < 4.78 is 0. The summed E-state index contributed by atoms with van der Waals surface area (Å²) in [6.45, 7) is 12.0. The molecule has 4 aliphatic heterocycles. The van der Waals surface area contributed by atoms with Gasteiger partial charge < -0.3 is 19.6 Å². The molecule has 4 atom stereocenters. The van der Waals surface area contributed by atoms with Crippen molar-refractivity contribution in [3.05, 3.63) is 77.2 Å². The number of likely N-dealkylation sites (tertiary alicyclic amines) is 4. The highest BCUT2D eigenvalue weighted by Crippen LogP contribution is 2.37. The number of fused-ring (bicyclic) bond motifs is 2. The van der Waals surface area contributed by atoms with Crippen LogP contribution in [-0.2, 0) is 9.59 Å². The number of aromatic nitrogens is 3. The second-order valence-electron chi connectivity index (χ2n) is 17.9. The van der Waals surface area contributed by atoms with Crippen molar-refractivity contribution in [2.75, 3.05) is 66.5 Å². The molecule has 0 unspecified atom stereocenters. The molecule has 0 spiro atoms. The Balaban J connectivity index is 0.000000177. The first-order valence-corrected chi connectivity index (χ1v) is 21.4. The van der Waals surface area contributed by atoms with Gasteiger partial charge in [-0.3, -0.25) is 24.5 Å². The molecule has 2 aromatic heterocycles. The second kappa shape index (κ2) is 18.7. The summed E-state index contributed by atoms with van der Waals surface area (Å²) in [6, 6.07) is 16.3. The van der Waals surface area contributed by atoms with Gasteiger partial charge in [-0.1, -0.05) is 32.0 Å². The highest BCUT2D eigenvalue weighted by molar-refractivity contribution is 5.88. The van der Waals surface area contributed by atoms with E-state index in [1.54, 1.807) is 18.6 Å². The van der Waals surface area contributed by atoms with Crippen LogP contribution < -0.4 is 0 Å². The van der Waals surface area contributed by atoms with Crippen molar-refractivity contribution in [1.82, 2.24) is 34.6 Å². The number of pyridine rings is 1. The van der Waals surface area contributed by atoms with E-state index in [0.29, 0.717) is 70.9 Å². The minimum Gasteiger partial charge on any atom is -0.342 e. The van der Waals surface area contributed by atoms with Gasteiger partial charge in [-0.2, -0.15) is 10.5 Å². The third-order valence-electron chi connectivity index (χ3n) is 13.2. The zero-order chi connectivity index (χ0) is 40.8. The Morgan fingerprint density at radius 2 is 1.09 bits per heavy atom. The molecule has 11 nitrogen and oxygen atoms in total. The quantitative estimate of drug-likeness (QED) is 0.203. The van der Waals surface area contributed by atoms with Crippen molar-refractivity contribution in [3.8, 4) is 12.1 Å². The molecular formula is C47H59N9O2. The Morgan fingerprint density at radius 1 is 0.621 bits per heavy atom. The molecule has 304 valence electrons. The minimum absolute atomic E-state index is 0.229. The standard InChI is InChI=1S/C24H30N4O.C23H29N5O/c1-17-12-20(21-6-5-19(14-25)24-22(21)4-3-9-26-24)16-28(15-17)23(29)13-18-7-10-27(2)11-8-18;1-16-11-19(20-4-3-18(13-24)22-23(20)26-8-7-25-22)15-28(14-16)21(29)12-17-5-9-27(2)10-6-17/h3-6,9,17-18,20H,7-8,10-13,15-16H2,1-2H3;3-4,7-8,16-17,19H,5-6,9-12,14-15H2,1-2H3/t17-,20+;16-,19-/m00/s1. The van der Waals surface area contributed by atoms with Gasteiger partial charge in [-0.05, 0) is 132 Å². The minimum atomic E-state index is 0.229. The van der Waals surface area contributed by atoms with Crippen molar-refractivity contribution >= 4 is 33.8 Å². The molecule has 0 aliphatic carbocycles. The first-order valence-electron chi connectivity index (χ1n) is 21.4. The Bertz CT molecular complexity index is 2010. The lowest BCUT2D eigenvalue weighted by Gasteiger charge is -2.38. The van der Waals surface area contributed by atoms with E-state index in [1.165, 1.54) is 5.56 Å². The maximum atomic E-state index is 13.1. The topological polar surface area (TPSA) is 133 Å². The first-order chi connectivity index (χ1) is 28.1. The number of nitrogens with zero attached hydrogens (tertiary/aromatic N) is 9. The Kier molecular flexibility index (Phi) is 13.3. The summed E-state index contributed by atoms with van der Waals surface area (Å²) in [7, 11) is 4.31. The van der Waals surface area contributed by atoms with Crippen LogP contribution in [-0.4, -0.2) is 113 Å². The van der Waals surface area contributed by atoms with Gasteiger partial charge in [0.15, 0.2) is 0 Å². The van der Waals surface area contributed by atoms with Gasteiger partial charge >= 0.3 is 0 Å². The molecule has 0 N–H and O–H groups in total. The van der Waals surface area contributed by atoms with E-state index in [2.05, 4.69) is 86.8 Å². The molecule has 11 heteroatoms. The summed E-state index contributed by atoms with van der Waals surface area (Å²) in [6.07, 6.45) is 13.0. The molecule has 2 amide bonds. The molecule has 0 radical (unpaired) electrons. The van der Waals surface area contributed by atoms with Crippen molar-refractivity contribution in [2.45, 2.75) is 77.0 Å². The number of amides is 2. The molecule has 6 heterocycles. The molecule has 8 rings (SSSR count). The predicted molar refractivity (Wildman–Crippen MR) is 227 cm³/mol. The van der Waals surface area contributed by atoms with E-state index in [-0.39, 0.29) is 5.92 Å². The van der Waals surface area contributed by atoms with Gasteiger partial charge in [0, 0.05) is 74.8 Å². The number of hydrogen-bond donors (Lipinski definition) is 0. The van der Waals surface area contributed by atoms with Crippen LogP contribution in [0.15, 0.2) is 55.0 Å². The third-order valence-corrected chi connectivity index (χ3v) is 13.2. The largest absolute Gasteiger partial charge is 0.342 e. The fraction of sp³-hybridized carbons (Fsp3) is 0.553. The zero-order valence-corrected chi connectivity index (χ0v) is 34.8. The lowest BCUT2D eigenvalue weighted by atomic mass is 9.83. The third kappa shape index (κ3) is 9.65. The van der Waals surface area contributed by atoms with Crippen LogP contribution in [0.25, 0.3) is 21.9 Å². The summed E-state index contributed by atoms with van der Waals surface area (Å²) >= 11 is 0. The van der Waals surface area contributed by atoms with E-state index in [0.717, 1.165) is 113 Å². The lowest BCUT2D eigenvalue weighted by molar-refractivity contribution is -0.135. The zero-order valence-electron chi connectivity index (χ0n) is 34.8. The number of rotatable bonds is 6. The van der Waals surface area contributed by atoms with E-state index >= 15 is 0 Å². The van der Waals surface area contributed by atoms with Crippen molar-refractivity contribution in [1.29, 1.82) is 10.5 Å². The number of hydrogen-bond acceptors (Lipinski definition) is 9. The first kappa shape index (κ1) is 41.2. The Hall–Kier alpha value is -4.97. The SMILES string of the molecule is C[C@H]1C[C@@H](c2ccc(C#N)c3ncccc23)CN(C(=O)CC2CCN(C)CC2)C1.C[C@H]1C[C@H](c2ccc(C#N)c3nccnc23)CN(C(=O)CC2CCN(C)CC2)C1. The highest BCUT2D eigenvalue weighted by Gasteiger charge is 2.33. The number of carbonyl (C=O) groups is 2. The lowest BCUT2D eigenvalue weighted by Crippen LogP contribution is -2.43. The summed E-state index contributed by atoms with van der Waals surface area (Å²) in [4.78, 5) is 48.4. The molecule has 4 aromatic rings. The fourth-order valence-corrected chi connectivity index (χ4v) is 9.98. The van der Waals surface area contributed by atoms with Crippen LogP contribution in [0.4, 0.5) is 0 Å². The molecule has 58 heavy (non-hydrogen) atoms. The van der Waals surface area contributed by atoms with Gasteiger partial charge in [0.05, 0.1) is 22.2 Å². The number of benzene rings is 2. The highest BCUT2D eigenvalue weighted by atomic mass is 16.2. The van der Waals surface area contributed by atoms with Gasteiger partial charge in [-0.15, -0.1) is 0 Å².